The van der Waals surface area contributed by atoms with E-state index in [-0.39, 0.29) is 0 Å². The number of benzene rings is 2. The molecule has 0 aliphatic heterocycles. The molecule has 3 heterocycles. The van der Waals surface area contributed by atoms with Gasteiger partial charge in [0.25, 0.3) is 0 Å². The Balaban J connectivity index is 1.78. The lowest BCUT2D eigenvalue weighted by molar-refractivity contribution is 1.05. The summed E-state index contributed by atoms with van der Waals surface area (Å²) in [6, 6.07) is 25.7. The summed E-state index contributed by atoms with van der Waals surface area (Å²) >= 11 is 0. The van der Waals surface area contributed by atoms with Crippen LogP contribution in [0.3, 0.4) is 0 Å². The molecule has 0 atom stereocenters. The first-order valence-electron chi connectivity index (χ1n) is 8.95. The number of nitrogens with zero attached hydrogens (tertiary/aromatic N) is 5. The molecular weight excluding hydrogens is 346 g/mol. The predicted molar refractivity (Wildman–Crippen MR) is 109 cm³/mol. The number of fused-ring (bicyclic) bond motifs is 1. The van der Waals surface area contributed by atoms with Crippen LogP contribution >= 0.6 is 0 Å². The van der Waals surface area contributed by atoms with Crippen LogP contribution in [0.4, 0.5) is 0 Å². The second-order valence-electron chi connectivity index (χ2n) is 6.26. The minimum Gasteiger partial charge on any atom is -0.253 e. The molecule has 5 heteroatoms. The molecular formula is C23H15N5. The third-order valence-corrected chi connectivity index (χ3v) is 4.45. The van der Waals surface area contributed by atoms with Gasteiger partial charge in [0.1, 0.15) is 11.4 Å². The average molecular weight is 361 g/mol. The summed E-state index contributed by atoms with van der Waals surface area (Å²) in [5, 5.41) is 2.23. The Morgan fingerprint density at radius 1 is 0.464 bits per heavy atom. The van der Waals surface area contributed by atoms with E-state index in [9.17, 15) is 0 Å². The van der Waals surface area contributed by atoms with Gasteiger partial charge < -0.3 is 0 Å². The van der Waals surface area contributed by atoms with Crippen molar-refractivity contribution < 1.29 is 0 Å². The summed E-state index contributed by atoms with van der Waals surface area (Å²) in [4.78, 5) is 22.9. The number of aromatic nitrogens is 5. The van der Waals surface area contributed by atoms with Crippen molar-refractivity contribution in [3.63, 3.8) is 0 Å². The highest BCUT2D eigenvalue weighted by Gasteiger charge is 2.14. The Hall–Kier alpha value is -3.99. The first-order valence-corrected chi connectivity index (χ1v) is 8.95. The van der Waals surface area contributed by atoms with Gasteiger partial charge in [-0.05, 0) is 35.0 Å². The maximum absolute atomic E-state index is 4.74. The molecule has 132 valence electrons. The lowest BCUT2D eigenvalue weighted by atomic mass is 10.0. The van der Waals surface area contributed by atoms with Gasteiger partial charge >= 0.3 is 0 Å². The monoisotopic (exact) mass is 361 g/mol. The fourth-order valence-corrected chi connectivity index (χ4v) is 3.14. The molecule has 0 amide bonds. The van der Waals surface area contributed by atoms with E-state index in [1.165, 1.54) is 0 Å². The zero-order valence-corrected chi connectivity index (χ0v) is 14.9. The molecule has 0 saturated carbocycles. The van der Waals surface area contributed by atoms with Crippen molar-refractivity contribution in [2.24, 2.45) is 0 Å². The Morgan fingerprint density at radius 2 is 1.04 bits per heavy atom. The standard InChI is InChI=1S/C23H15N5/c1-2-10-17-16(8-1)9-7-11-18(17)21-26-22(19-12-3-5-14-24-19)28-23(27-21)20-13-4-6-15-25-20/h1-15H. The van der Waals surface area contributed by atoms with Crippen molar-refractivity contribution >= 4 is 10.8 Å². The lowest BCUT2D eigenvalue weighted by Gasteiger charge is -2.09. The van der Waals surface area contributed by atoms with Gasteiger partial charge in [0.05, 0.1) is 0 Å². The fraction of sp³-hybridized carbons (Fsp3) is 0. The first-order chi connectivity index (χ1) is 13.9. The van der Waals surface area contributed by atoms with Gasteiger partial charge in [-0.2, -0.15) is 0 Å². The first kappa shape index (κ1) is 16.2. The van der Waals surface area contributed by atoms with Gasteiger partial charge in [-0.3, -0.25) is 9.97 Å². The maximum Gasteiger partial charge on any atom is 0.182 e. The van der Waals surface area contributed by atoms with Gasteiger partial charge in [-0.1, -0.05) is 54.6 Å². The molecule has 0 saturated heterocycles. The molecule has 2 aromatic carbocycles. The Labute approximate surface area is 161 Å². The van der Waals surface area contributed by atoms with E-state index in [2.05, 4.69) is 33.2 Å². The molecule has 0 radical (unpaired) electrons. The zero-order valence-electron chi connectivity index (χ0n) is 14.9. The van der Waals surface area contributed by atoms with Crippen LogP contribution in [0.2, 0.25) is 0 Å². The van der Waals surface area contributed by atoms with Crippen LogP contribution in [0, 0.1) is 0 Å². The maximum atomic E-state index is 4.74. The molecule has 0 aliphatic carbocycles. The molecule has 0 fully saturated rings. The van der Waals surface area contributed by atoms with Crippen molar-refractivity contribution in [3.05, 3.63) is 91.3 Å². The molecule has 0 N–H and O–H groups in total. The van der Waals surface area contributed by atoms with Crippen molar-refractivity contribution in [2.45, 2.75) is 0 Å². The van der Waals surface area contributed by atoms with E-state index in [0.29, 0.717) is 28.9 Å². The number of pyridine rings is 2. The summed E-state index contributed by atoms with van der Waals surface area (Å²) in [5.74, 6) is 1.66. The second kappa shape index (κ2) is 6.96. The summed E-state index contributed by atoms with van der Waals surface area (Å²) in [7, 11) is 0. The summed E-state index contributed by atoms with van der Waals surface area (Å²) in [5.41, 5.74) is 2.35. The molecule has 5 nitrogen and oxygen atoms in total. The molecule has 3 aromatic heterocycles. The SMILES string of the molecule is c1ccc(-c2nc(-c3ccccn3)nc(-c3cccc4ccccc34)n2)nc1. The highest BCUT2D eigenvalue weighted by molar-refractivity contribution is 5.95. The van der Waals surface area contributed by atoms with Gasteiger partial charge in [0, 0.05) is 18.0 Å². The quantitative estimate of drug-likeness (QED) is 0.461. The topological polar surface area (TPSA) is 64.5 Å². The van der Waals surface area contributed by atoms with E-state index < -0.39 is 0 Å². The molecule has 0 aliphatic rings. The van der Waals surface area contributed by atoms with Crippen LogP contribution in [0.25, 0.3) is 45.2 Å². The van der Waals surface area contributed by atoms with E-state index in [4.69, 9.17) is 9.97 Å². The normalized spacial score (nSPS) is 10.9. The minimum absolute atomic E-state index is 0.527. The third kappa shape index (κ3) is 2.99. The Bertz CT molecular complexity index is 1190. The fourth-order valence-electron chi connectivity index (χ4n) is 3.14. The summed E-state index contributed by atoms with van der Waals surface area (Å²) < 4.78 is 0. The van der Waals surface area contributed by atoms with Crippen molar-refractivity contribution in [1.82, 2.24) is 24.9 Å². The number of rotatable bonds is 3. The Kier molecular flexibility index (Phi) is 4.03. The van der Waals surface area contributed by atoms with Crippen molar-refractivity contribution in [1.29, 1.82) is 0 Å². The van der Waals surface area contributed by atoms with Crippen LogP contribution in [-0.2, 0) is 0 Å². The highest BCUT2D eigenvalue weighted by Crippen LogP contribution is 2.28. The van der Waals surface area contributed by atoms with E-state index in [0.717, 1.165) is 16.3 Å². The zero-order chi connectivity index (χ0) is 18.8. The van der Waals surface area contributed by atoms with Crippen LogP contribution in [0.5, 0.6) is 0 Å². The van der Waals surface area contributed by atoms with Gasteiger partial charge in [0.15, 0.2) is 17.5 Å². The average Bonchev–Trinajstić information content (AvgIpc) is 2.79. The smallest absolute Gasteiger partial charge is 0.182 e. The van der Waals surface area contributed by atoms with E-state index in [1.54, 1.807) is 12.4 Å². The minimum atomic E-state index is 0.527. The molecule has 5 aromatic rings. The van der Waals surface area contributed by atoms with Crippen LogP contribution in [0.15, 0.2) is 91.3 Å². The Morgan fingerprint density at radius 3 is 1.68 bits per heavy atom. The molecule has 0 unspecified atom stereocenters. The largest absolute Gasteiger partial charge is 0.253 e. The number of hydrogen-bond donors (Lipinski definition) is 0. The molecule has 5 rings (SSSR count). The third-order valence-electron chi connectivity index (χ3n) is 4.45. The van der Waals surface area contributed by atoms with E-state index >= 15 is 0 Å². The van der Waals surface area contributed by atoms with Crippen LogP contribution in [0.1, 0.15) is 0 Å². The molecule has 28 heavy (non-hydrogen) atoms. The molecule has 0 spiro atoms. The highest BCUT2D eigenvalue weighted by atomic mass is 15.1. The van der Waals surface area contributed by atoms with Gasteiger partial charge in [0.2, 0.25) is 0 Å². The van der Waals surface area contributed by atoms with Gasteiger partial charge in [-0.15, -0.1) is 0 Å². The predicted octanol–water partition coefficient (Wildman–Crippen LogP) is 4.82. The van der Waals surface area contributed by atoms with Gasteiger partial charge in [-0.25, -0.2) is 15.0 Å². The van der Waals surface area contributed by atoms with E-state index in [1.807, 2.05) is 60.7 Å². The van der Waals surface area contributed by atoms with Crippen molar-refractivity contribution in [3.8, 4) is 34.4 Å². The lowest BCUT2D eigenvalue weighted by Crippen LogP contribution is -2.02. The summed E-state index contributed by atoms with van der Waals surface area (Å²) in [6.45, 7) is 0. The summed E-state index contributed by atoms with van der Waals surface area (Å²) in [6.07, 6.45) is 3.47. The second-order valence-corrected chi connectivity index (χ2v) is 6.26. The van der Waals surface area contributed by atoms with Crippen molar-refractivity contribution in [2.75, 3.05) is 0 Å². The van der Waals surface area contributed by atoms with Crippen LogP contribution in [-0.4, -0.2) is 24.9 Å². The number of hydrogen-bond acceptors (Lipinski definition) is 5. The molecule has 0 bridgehead atoms. The van der Waals surface area contributed by atoms with Crippen LogP contribution < -0.4 is 0 Å².